The Labute approximate surface area is 110 Å². The van der Waals surface area contributed by atoms with Gasteiger partial charge in [0.15, 0.2) is 0 Å². The maximum Gasteiger partial charge on any atom is 0.236 e. The summed E-state index contributed by atoms with van der Waals surface area (Å²) in [6, 6.07) is 0.151. The van der Waals surface area contributed by atoms with Gasteiger partial charge in [0.1, 0.15) is 0 Å². The first-order valence-electron chi connectivity index (χ1n) is 6.70. The lowest BCUT2D eigenvalue weighted by atomic mass is 10.1. The molecule has 106 valence electrons. The molecule has 2 N–H and O–H groups in total. The van der Waals surface area contributed by atoms with E-state index in [1.165, 1.54) is 0 Å². The SMILES string of the molecule is CCN(CC)C(=O)CNCC(=O)NC(C)C(C)C. The maximum absolute atomic E-state index is 11.6. The molecule has 0 aromatic carbocycles. The van der Waals surface area contributed by atoms with Gasteiger partial charge in [-0.3, -0.25) is 14.9 Å². The van der Waals surface area contributed by atoms with Crippen LogP contribution in [-0.2, 0) is 9.59 Å². The van der Waals surface area contributed by atoms with Crippen LogP contribution in [0.25, 0.3) is 0 Å². The number of carbonyl (C=O) groups excluding carboxylic acids is 2. The molecule has 1 unspecified atom stereocenters. The van der Waals surface area contributed by atoms with Crippen molar-refractivity contribution in [3.8, 4) is 0 Å². The number of carbonyl (C=O) groups is 2. The molecular formula is C13H27N3O2. The average molecular weight is 257 g/mol. The second-order valence-electron chi connectivity index (χ2n) is 4.77. The van der Waals surface area contributed by atoms with Crippen LogP contribution in [0.1, 0.15) is 34.6 Å². The topological polar surface area (TPSA) is 61.4 Å². The standard InChI is InChI=1S/C13H27N3O2/c1-6-16(7-2)13(18)9-14-8-12(17)15-11(5)10(3)4/h10-11,14H,6-9H2,1-5H3,(H,15,17). The van der Waals surface area contributed by atoms with Gasteiger partial charge in [-0.1, -0.05) is 13.8 Å². The van der Waals surface area contributed by atoms with Gasteiger partial charge in [0.05, 0.1) is 13.1 Å². The molecule has 5 heteroatoms. The molecule has 0 aliphatic carbocycles. The summed E-state index contributed by atoms with van der Waals surface area (Å²) in [6.45, 7) is 11.8. The lowest BCUT2D eigenvalue weighted by Crippen LogP contribution is -2.44. The predicted octanol–water partition coefficient (Wildman–Crippen LogP) is 0.605. The van der Waals surface area contributed by atoms with E-state index in [-0.39, 0.29) is 30.9 Å². The van der Waals surface area contributed by atoms with Crippen molar-refractivity contribution < 1.29 is 9.59 Å². The largest absolute Gasteiger partial charge is 0.352 e. The first-order valence-corrected chi connectivity index (χ1v) is 6.70. The van der Waals surface area contributed by atoms with Gasteiger partial charge < -0.3 is 10.2 Å². The monoisotopic (exact) mass is 257 g/mol. The van der Waals surface area contributed by atoms with Gasteiger partial charge in [-0.05, 0) is 26.7 Å². The van der Waals surface area contributed by atoms with Crippen LogP contribution in [0.2, 0.25) is 0 Å². The zero-order valence-electron chi connectivity index (χ0n) is 12.2. The van der Waals surface area contributed by atoms with E-state index in [1.54, 1.807) is 4.90 Å². The smallest absolute Gasteiger partial charge is 0.236 e. The van der Waals surface area contributed by atoms with Crippen molar-refractivity contribution in [2.45, 2.75) is 40.7 Å². The minimum atomic E-state index is -0.0662. The lowest BCUT2D eigenvalue weighted by molar-refractivity contribution is -0.129. The van der Waals surface area contributed by atoms with Gasteiger partial charge >= 0.3 is 0 Å². The fourth-order valence-corrected chi connectivity index (χ4v) is 1.44. The van der Waals surface area contributed by atoms with E-state index in [4.69, 9.17) is 0 Å². The van der Waals surface area contributed by atoms with E-state index in [1.807, 2.05) is 20.8 Å². The number of hydrogen-bond acceptors (Lipinski definition) is 3. The zero-order chi connectivity index (χ0) is 14.1. The van der Waals surface area contributed by atoms with Crippen LogP contribution in [0, 0.1) is 5.92 Å². The van der Waals surface area contributed by atoms with Crippen LogP contribution in [0.4, 0.5) is 0 Å². The fraction of sp³-hybridized carbons (Fsp3) is 0.846. The Morgan fingerprint density at radius 3 is 2.06 bits per heavy atom. The number of hydrogen-bond donors (Lipinski definition) is 2. The van der Waals surface area contributed by atoms with E-state index in [0.29, 0.717) is 19.0 Å². The van der Waals surface area contributed by atoms with Crippen molar-refractivity contribution in [2.75, 3.05) is 26.2 Å². The van der Waals surface area contributed by atoms with E-state index < -0.39 is 0 Å². The molecule has 1 atom stereocenters. The molecule has 0 saturated heterocycles. The van der Waals surface area contributed by atoms with Crippen LogP contribution in [0.3, 0.4) is 0 Å². The van der Waals surface area contributed by atoms with Crippen molar-refractivity contribution in [2.24, 2.45) is 5.92 Å². The molecule has 0 aliphatic rings. The summed E-state index contributed by atoms with van der Waals surface area (Å²) in [5, 5.41) is 5.76. The molecule has 0 spiro atoms. The zero-order valence-corrected chi connectivity index (χ0v) is 12.2. The van der Waals surface area contributed by atoms with Crippen LogP contribution in [0.5, 0.6) is 0 Å². The van der Waals surface area contributed by atoms with Gasteiger partial charge in [-0.25, -0.2) is 0 Å². The minimum absolute atomic E-state index is 0.0321. The Balaban J connectivity index is 3.84. The van der Waals surface area contributed by atoms with Crippen LogP contribution < -0.4 is 10.6 Å². The predicted molar refractivity (Wildman–Crippen MR) is 73.2 cm³/mol. The molecule has 0 radical (unpaired) electrons. The van der Waals surface area contributed by atoms with Gasteiger partial charge in [-0.2, -0.15) is 0 Å². The van der Waals surface area contributed by atoms with Crippen molar-refractivity contribution in [1.82, 2.24) is 15.5 Å². The third-order valence-electron chi connectivity index (χ3n) is 3.07. The molecule has 0 bridgehead atoms. The van der Waals surface area contributed by atoms with E-state index in [9.17, 15) is 9.59 Å². The first-order chi connectivity index (χ1) is 8.42. The summed E-state index contributed by atoms with van der Waals surface area (Å²) >= 11 is 0. The van der Waals surface area contributed by atoms with Gasteiger partial charge in [0.2, 0.25) is 11.8 Å². The Kier molecular flexibility index (Phi) is 8.37. The highest BCUT2D eigenvalue weighted by Gasteiger charge is 2.12. The second-order valence-corrected chi connectivity index (χ2v) is 4.77. The molecule has 0 aromatic rings. The summed E-state index contributed by atoms with van der Waals surface area (Å²) in [5.41, 5.74) is 0. The Morgan fingerprint density at radius 2 is 1.61 bits per heavy atom. The van der Waals surface area contributed by atoms with Gasteiger partial charge in [-0.15, -0.1) is 0 Å². The Bertz CT molecular complexity index is 263. The number of likely N-dealkylation sites (N-methyl/N-ethyl adjacent to an activating group) is 1. The summed E-state index contributed by atoms with van der Waals surface area (Å²) < 4.78 is 0. The maximum atomic E-state index is 11.6. The lowest BCUT2D eigenvalue weighted by Gasteiger charge is -2.20. The normalized spacial score (nSPS) is 12.3. The van der Waals surface area contributed by atoms with Crippen LogP contribution in [0.15, 0.2) is 0 Å². The van der Waals surface area contributed by atoms with Gasteiger partial charge in [0, 0.05) is 19.1 Å². The van der Waals surface area contributed by atoms with Crippen LogP contribution >= 0.6 is 0 Å². The van der Waals surface area contributed by atoms with E-state index in [0.717, 1.165) is 0 Å². The molecule has 0 rings (SSSR count). The molecule has 0 fully saturated rings. The average Bonchev–Trinajstić information content (AvgIpc) is 2.30. The molecule has 0 saturated carbocycles. The molecular weight excluding hydrogens is 230 g/mol. The highest BCUT2D eigenvalue weighted by Crippen LogP contribution is 1.98. The highest BCUT2D eigenvalue weighted by atomic mass is 16.2. The molecule has 2 amide bonds. The minimum Gasteiger partial charge on any atom is -0.352 e. The Hall–Kier alpha value is -1.10. The summed E-state index contributed by atoms with van der Waals surface area (Å²) in [5.74, 6) is 0.375. The molecule has 18 heavy (non-hydrogen) atoms. The van der Waals surface area contributed by atoms with E-state index in [2.05, 4.69) is 24.5 Å². The number of nitrogens with one attached hydrogen (secondary N) is 2. The fourth-order valence-electron chi connectivity index (χ4n) is 1.44. The van der Waals surface area contributed by atoms with Crippen molar-refractivity contribution in [1.29, 1.82) is 0 Å². The molecule has 5 nitrogen and oxygen atoms in total. The quantitative estimate of drug-likeness (QED) is 0.669. The van der Waals surface area contributed by atoms with Crippen LogP contribution in [-0.4, -0.2) is 48.9 Å². The van der Waals surface area contributed by atoms with Crippen molar-refractivity contribution in [3.63, 3.8) is 0 Å². The first kappa shape index (κ1) is 16.9. The highest BCUT2D eigenvalue weighted by molar-refractivity contribution is 5.81. The second kappa shape index (κ2) is 8.91. The third-order valence-corrected chi connectivity index (χ3v) is 3.07. The number of amides is 2. The third kappa shape index (κ3) is 6.59. The van der Waals surface area contributed by atoms with Crippen molar-refractivity contribution >= 4 is 11.8 Å². The van der Waals surface area contributed by atoms with Crippen molar-refractivity contribution in [3.05, 3.63) is 0 Å². The summed E-state index contributed by atoms with van der Waals surface area (Å²) in [4.78, 5) is 24.9. The van der Waals surface area contributed by atoms with Gasteiger partial charge in [0.25, 0.3) is 0 Å². The summed E-state index contributed by atoms with van der Waals surface area (Å²) in [7, 11) is 0. The summed E-state index contributed by atoms with van der Waals surface area (Å²) in [6.07, 6.45) is 0. The van der Waals surface area contributed by atoms with E-state index >= 15 is 0 Å². The Morgan fingerprint density at radius 1 is 1.06 bits per heavy atom. The molecule has 0 aliphatic heterocycles. The number of rotatable bonds is 8. The molecule has 0 aromatic heterocycles. The number of nitrogens with zero attached hydrogens (tertiary/aromatic N) is 1. The molecule has 0 heterocycles.